The van der Waals surface area contributed by atoms with Crippen molar-refractivity contribution in [1.82, 2.24) is 5.06 Å². The van der Waals surface area contributed by atoms with E-state index in [0.29, 0.717) is 0 Å². The van der Waals surface area contributed by atoms with Crippen LogP contribution in [0.4, 0.5) is 0 Å². The third kappa shape index (κ3) is 4.29. The van der Waals surface area contributed by atoms with Crippen molar-refractivity contribution in [2.75, 3.05) is 7.05 Å². The molecular formula is C11H25NOSi. The summed E-state index contributed by atoms with van der Waals surface area (Å²) in [6.07, 6.45) is 5.15. The highest BCUT2D eigenvalue weighted by Crippen LogP contribution is 2.36. The van der Waals surface area contributed by atoms with E-state index >= 15 is 0 Å². The van der Waals surface area contributed by atoms with Crippen LogP contribution in [0.1, 0.15) is 34.1 Å². The lowest BCUT2D eigenvalue weighted by Gasteiger charge is -2.38. The average molecular weight is 215 g/mol. The zero-order chi connectivity index (χ0) is 11.4. The minimum Gasteiger partial charge on any atom is -0.320 e. The fraction of sp³-hybridized carbons (Fsp3) is 0.818. The molecule has 0 heterocycles. The van der Waals surface area contributed by atoms with Gasteiger partial charge in [-0.05, 0) is 24.6 Å². The SMILES string of the molecule is CC/C=C\N(C)O[Si](C)(C)C(C)(C)C. The van der Waals surface area contributed by atoms with Crippen LogP contribution in [0.25, 0.3) is 0 Å². The second-order valence-corrected chi connectivity index (χ2v) is 9.89. The Balaban J connectivity index is 4.29. The maximum absolute atomic E-state index is 5.99. The van der Waals surface area contributed by atoms with Crippen LogP contribution < -0.4 is 0 Å². The van der Waals surface area contributed by atoms with E-state index in [1.54, 1.807) is 0 Å². The summed E-state index contributed by atoms with van der Waals surface area (Å²) in [5.74, 6) is 0. The molecule has 0 saturated heterocycles. The van der Waals surface area contributed by atoms with Crippen LogP contribution in [0.2, 0.25) is 18.1 Å². The largest absolute Gasteiger partial charge is 0.320 e. The highest BCUT2D eigenvalue weighted by Gasteiger charge is 2.38. The molecule has 0 atom stereocenters. The van der Waals surface area contributed by atoms with Crippen LogP contribution in [0.3, 0.4) is 0 Å². The van der Waals surface area contributed by atoms with Crippen molar-refractivity contribution in [3.63, 3.8) is 0 Å². The van der Waals surface area contributed by atoms with Gasteiger partial charge in [-0.2, -0.15) is 0 Å². The second-order valence-electron chi connectivity index (χ2n) is 5.19. The maximum Gasteiger partial charge on any atom is 0.228 e. The average Bonchev–Trinajstić information content (AvgIpc) is 1.97. The second kappa shape index (κ2) is 4.98. The van der Waals surface area contributed by atoms with Gasteiger partial charge < -0.3 is 4.53 Å². The summed E-state index contributed by atoms with van der Waals surface area (Å²) < 4.78 is 5.99. The lowest BCUT2D eigenvalue weighted by Crippen LogP contribution is -2.44. The van der Waals surface area contributed by atoms with Crippen LogP contribution in [-0.2, 0) is 4.53 Å². The van der Waals surface area contributed by atoms with Crippen molar-refractivity contribution in [1.29, 1.82) is 0 Å². The minimum atomic E-state index is -1.64. The van der Waals surface area contributed by atoms with Gasteiger partial charge in [0.15, 0.2) is 0 Å². The number of nitrogens with zero attached hydrogens (tertiary/aromatic N) is 1. The molecule has 0 aromatic carbocycles. The van der Waals surface area contributed by atoms with Gasteiger partial charge in [-0.3, -0.25) is 5.06 Å². The van der Waals surface area contributed by atoms with Crippen LogP contribution in [0, 0.1) is 0 Å². The van der Waals surface area contributed by atoms with E-state index < -0.39 is 8.32 Å². The zero-order valence-electron chi connectivity index (χ0n) is 10.7. The van der Waals surface area contributed by atoms with Gasteiger partial charge in [0.05, 0.1) is 0 Å². The van der Waals surface area contributed by atoms with Gasteiger partial charge in [0, 0.05) is 13.2 Å². The Hall–Kier alpha value is -0.283. The molecule has 0 rings (SSSR count). The number of allylic oxidation sites excluding steroid dienone is 1. The summed E-state index contributed by atoms with van der Waals surface area (Å²) in [6.45, 7) is 13.4. The number of hydroxylamine groups is 2. The van der Waals surface area contributed by atoms with Crippen LogP contribution >= 0.6 is 0 Å². The van der Waals surface area contributed by atoms with Crippen molar-refractivity contribution < 1.29 is 4.53 Å². The molecule has 0 spiro atoms. The lowest BCUT2D eigenvalue weighted by atomic mass is 10.2. The molecule has 0 aromatic heterocycles. The molecule has 0 aromatic rings. The zero-order valence-corrected chi connectivity index (χ0v) is 11.7. The topological polar surface area (TPSA) is 12.5 Å². The van der Waals surface area contributed by atoms with Crippen molar-refractivity contribution in [2.24, 2.45) is 0 Å². The first-order valence-corrected chi connectivity index (χ1v) is 8.20. The molecule has 0 radical (unpaired) electrons. The summed E-state index contributed by atoms with van der Waals surface area (Å²) >= 11 is 0. The Morgan fingerprint density at radius 3 is 2.14 bits per heavy atom. The molecule has 0 saturated carbocycles. The van der Waals surface area contributed by atoms with E-state index in [2.05, 4.69) is 46.9 Å². The van der Waals surface area contributed by atoms with Gasteiger partial charge in [0.2, 0.25) is 8.32 Å². The van der Waals surface area contributed by atoms with Gasteiger partial charge in [-0.15, -0.1) is 0 Å². The van der Waals surface area contributed by atoms with E-state index in [9.17, 15) is 0 Å². The summed E-state index contributed by atoms with van der Waals surface area (Å²) in [7, 11) is 0.322. The molecule has 0 aliphatic rings. The highest BCUT2D eigenvalue weighted by atomic mass is 28.4. The molecule has 3 heteroatoms. The Morgan fingerprint density at radius 1 is 1.29 bits per heavy atom. The fourth-order valence-corrected chi connectivity index (χ4v) is 1.84. The molecule has 0 aliphatic carbocycles. The fourth-order valence-electron chi connectivity index (χ4n) is 0.781. The number of hydrogen-bond donors (Lipinski definition) is 0. The Bertz CT molecular complexity index is 194. The van der Waals surface area contributed by atoms with E-state index in [-0.39, 0.29) is 5.04 Å². The van der Waals surface area contributed by atoms with Crippen molar-refractivity contribution >= 4 is 8.32 Å². The molecule has 2 nitrogen and oxygen atoms in total. The summed E-state index contributed by atoms with van der Waals surface area (Å²) in [5, 5.41) is 2.11. The molecule has 84 valence electrons. The normalized spacial score (nSPS) is 13.6. The molecule has 0 fully saturated rings. The quantitative estimate of drug-likeness (QED) is 0.523. The predicted molar refractivity (Wildman–Crippen MR) is 65.5 cm³/mol. The molecule has 0 bridgehead atoms. The van der Waals surface area contributed by atoms with Crippen molar-refractivity contribution in [3.8, 4) is 0 Å². The Morgan fingerprint density at radius 2 is 1.79 bits per heavy atom. The Labute approximate surface area is 90.0 Å². The number of hydrogen-bond acceptors (Lipinski definition) is 2. The van der Waals surface area contributed by atoms with Crippen LogP contribution in [0.5, 0.6) is 0 Å². The van der Waals surface area contributed by atoms with Gasteiger partial charge in [0.25, 0.3) is 0 Å². The molecule has 14 heavy (non-hydrogen) atoms. The van der Waals surface area contributed by atoms with Crippen LogP contribution in [-0.4, -0.2) is 20.4 Å². The van der Waals surface area contributed by atoms with Gasteiger partial charge in [-0.1, -0.05) is 33.8 Å². The first-order chi connectivity index (χ1) is 6.20. The van der Waals surface area contributed by atoms with Crippen molar-refractivity contribution in [3.05, 3.63) is 12.3 Å². The van der Waals surface area contributed by atoms with E-state index in [1.165, 1.54) is 0 Å². The van der Waals surface area contributed by atoms with E-state index in [1.807, 2.05) is 18.3 Å². The molecular weight excluding hydrogens is 190 g/mol. The third-order valence-electron chi connectivity index (χ3n) is 2.73. The maximum atomic E-state index is 5.99. The van der Waals surface area contributed by atoms with Gasteiger partial charge in [0.1, 0.15) is 0 Å². The van der Waals surface area contributed by atoms with Gasteiger partial charge in [-0.25, -0.2) is 0 Å². The van der Waals surface area contributed by atoms with Crippen molar-refractivity contribution in [2.45, 2.75) is 52.2 Å². The highest BCUT2D eigenvalue weighted by molar-refractivity contribution is 6.74. The third-order valence-corrected chi connectivity index (χ3v) is 7.09. The van der Waals surface area contributed by atoms with Gasteiger partial charge >= 0.3 is 0 Å². The molecule has 0 unspecified atom stereocenters. The molecule has 0 aliphatic heterocycles. The predicted octanol–water partition coefficient (Wildman–Crippen LogP) is 3.78. The van der Waals surface area contributed by atoms with Crippen LogP contribution in [0.15, 0.2) is 12.3 Å². The molecule has 0 amide bonds. The number of rotatable bonds is 4. The molecule has 0 N–H and O–H groups in total. The standard InChI is InChI=1S/C11H25NOSi/c1-8-9-10-12(5)13-14(6,7)11(2,3)4/h9-10H,8H2,1-7H3/b10-9-. The minimum absolute atomic E-state index is 0.265. The summed E-state index contributed by atoms with van der Waals surface area (Å²) in [5.41, 5.74) is 0. The first kappa shape index (κ1) is 13.7. The lowest BCUT2D eigenvalue weighted by molar-refractivity contribution is 0.00345. The summed E-state index contributed by atoms with van der Waals surface area (Å²) in [6, 6.07) is 0. The Kier molecular flexibility index (Phi) is 4.88. The van der Waals surface area contributed by atoms with E-state index in [0.717, 1.165) is 6.42 Å². The first-order valence-electron chi connectivity index (χ1n) is 5.29. The van der Waals surface area contributed by atoms with E-state index in [4.69, 9.17) is 4.53 Å². The summed E-state index contributed by atoms with van der Waals surface area (Å²) in [4.78, 5) is 0. The smallest absolute Gasteiger partial charge is 0.228 e. The monoisotopic (exact) mass is 215 g/mol.